The van der Waals surface area contributed by atoms with Crippen LogP contribution in [0.4, 0.5) is 14.5 Å². The fraction of sp³-hybridized carbons (Fsp3) is 0.323. The summed E-state index contributed by atoms with van der Waals surface area (Å²) >= 11 is 3.53. The number of nitrogens with zero attached hydrogens (tertiary/aromatic N) is 1. The molecule has 4 rings (SSSR count). The second kappa shape index (κ2) is 15.5. The van der Waals surface area contributed by atoms with E-state index in [2.05, 4.69) is 22.9 Å². The molecule has 12 heteroatoms. The van der Waals surface area contributed by atoms with E-state index in [1.807, 2.05) is 0 Å². The summed E-state index contributed by atoms with van der Waals surface area (Å²) in [5.41, 5.74) is 13.1. The van der Waals surface area contributed by atoms with Crippen molar-refractivity contribution in [1.29, 1.82) is 0 Å². The standard InChI is InChI=1S/C18H17F2NO3.C12H17N3O2.CH4S/c1-18(2,23)13-8-14(15-7-12(22)9-24-15)21-17(16(13)20)10-3-5-11(19)6-4-10;1-7(13)4-8-5-9(12(16)15-2)6-10(17-3)11(8)14;1-2/h3-6,8,15,23H,7,9H2,1-2H3;4-6H,13-14H2,1-3H3,(H,15,16);2H,1H3/b;7-4-;. The largest absolute Gasteiger partial charge is 0.495 e. The normalized spacial score (nSPS) is 14.7. The molecule has 1 aliphatic heterocycles. The molecule has 0 aliphatic carbocycles. The van der Waals surface area contributed by atoms with Crippen molar-refractivity contribution < 1.29 is 33.0 Å². The third-order valence-electron chi connectivity index (χ3n) is 6.21. The SMILES string of the molecule is CC(C)(O)c1cc(C2CC(=O)CO2)nc(-c2ccc(F)cc2)c1F.CNC(=O)c1cc(/C=C(/C)N)c(N)c(OC)c1.CS. The van der Waals surface area contributed by atoms with E-state index in [-0.39, 0.29) is 36.0 Å². The summed E-state index contributed by atoms with van der Waals surface area (Å²) in [7, 11) is 3.07. The van der Waals surface area contributed by atoms with Gasteiger partial charge < -0.3 is 31.4 Å². The summed E-state index contributed by atoms with van der Waals surface area (Å²) in [6.45, 7) is 4.67. The maximum absolute atomic E-state index is 14.9. The molecule has 1 amide bonds. The first-order valence-electron chi connectivity index (χ1n) is 13.2. The molecule has 1 unspecified atom stereocenters. The van der Waals surface area contributed by atoms with Gasteiger partial charge in [-0.3, -0.25) is 9.59 Å². The number of carbonyl (C=O) groups excluding carboxylic acids is 2. The van der Waals surface area contributed by atoms with E-state index >= 15 is 0 Å². The summed E-state index contributed by atoms with van der Waals surface area (Å²) in [6, 6.07) is 9.94. The topological polar surface area (TPSA) is 150 Å². The molecule has 0 bridgehead atoms. The van der Waals surface area contributed by atoms with Gasteiger partial charge in [-0.25, -0.2) is 13.8 Å². The first-order chi connectivity index (χ1) is 20.2. The number of benzene rings is 2. The Hall–Kier alpha value is -4.00. The predicted molar refractivity (Wildman–Crippen MR) is 167 cm³/mol. The average Bonchev–Trinajstić information content (AvgIpc) is 3.41. The number of nitrogen functional groups attached to an aromatic ring is 1. The summed E-state index contributed by atoms with van der Waals surface area (Å²) in [6.07, 6.45) is 2.98. The van der Waals surface area contributed by atoms with Crippen LogP contribution in [-0.4, -0.2) is 48.8 Å². The Morgan fingerprint density at radius 3 is 2.33 bits per heavy atom. The van der Waals surface area contributed by atoms with Crippen LogP contribution in [0.3, 0.4) is 0 Å². The van der Waals surface area contributed by atoms with Gasteiger partial charge in [0.15, 0.2) is 11.6 Å². The molecular formula is C31H38F2N4O5S. The van der Waals surface area contributed by atoms with Crippen LogP contribution in [0.1, 0.15) is 60.5 Å². The van der Waals surface area contributed by atoms with Crippen molar-refractivity contribution in [3.05, 3.63) is 82.2 Å². The van der Waals surface area contributed by atoms with E-state index in [4.69, 9.17) is 20.9 Å². The summed E-state index contributed by atoms with van der Waals surface area (Å²) in [4.78, 5) is 27.3. The van der Waals surface area contributed by atoms with Crippen molar-refractivity contribution >= 4 is 36.1 Å². The van der Waals surface area contributed by atoms with Crippen LogP contribution in [0.15, 0.2) is 48.2 Å². The highest BCUT2D eigenvalue weighted by Crippen LogP contribution is 2.35. The Labute approximate surface area is 255 Å². The van der Waals surface area contributed by atoms with Gasteiger partial charge in [-0.05, 0) is 75.6 Å². The molecule has 1 aromatic heterocycles. The first kappa shape index (κ1) is 35.2. The minimum absolute atomic E-state index is 0.00649. The fourth-order valence-corrected chi connectivity index (χ4v) is 4.12. The molecule has 1 atom stereocenters. The van der Waals surface area contributed by atoms with Gasteiger partial charge in [0.25, 0.3) is 5.91 Å². The van der Waals surface area contributed by atoms with Gasteiger partial charge in [0.1, 0.15) is 30.0 Å². The number of pyridine rings is 1. The number of rotatable bonds is 6. The van der Waals surface area contributed by atoms with E-state index in [9.17, 15) is 23.5 Å². The molecule has 0 saturated carbocycles. The van der Waals surface area contributed by atoms with Gasteiger partial charge in [0.2, 0.25) is 0 Å². The van der Waals surface area contributed by atoms with Crippen LogP contribution in [0.5, 0.6) is 5.75 Å². The molecular weight excluding hydrogens is 578 g/mol. The zero-order valence-electron chi connectivity index (χ0n) is 25.0. The van der Waals surface area contributed by atoms with Crippen molar-refractivity contribution in [1.82, 2.24) is 10.3 Å². The molecule has 1 aliphatic rings. The van der Waals surface area contributed by atoms with Crippen molar-refractivity contribution in [3.63, 3.8) is 0 Å². The van der Waals surface area contributed by atoms with E-state index in [1.165, 1.54) is 51.3 Å². The molecule has 0 radical (unpaired) electrons. The monoisotopic (exact) mass is 616 g/mol. The van der Waals surface area contributed by atoms with E-state index < -0.39 is 23.3 Å². The lowest BCUT2D eigenvalue weighted by molar-refractivity contribution is -0.117. The van der Waals surface area contributed by atoms with E-state index in [0.717, 1.165) is 0 Å². The highest BCUT2D eigenvalue weighted by atomic mass is 32.1. The Kier molecular flexibility index (Phi) is 12.7. The Morgan fingerprint density at radius 2 is 1.84 bits per heavy atom. The molecule has 1 saturated heterocycles. The minimum Gasteiger partial charge on any atom is -0.495 e. The van der Waals surface area contributed by atoms with Crippen molar-refractivity contribution in [2.45, 2.75) is 38.9 Å². The van der Waals surface area contributed by atoms with Crippen molar-refractivity contribution in [2.24, 2.45) is 5.73 Å². The third kappa shape index (κ3) is 9.24. The van der Waals surface area contributed by atoms with E-state index in [1.54, 1.807) is 38.4 Å². The molecule has 2 heterocycles. The van der Waals surface area contributed by atoms with Crippen LogP contribution in [0.25, 0.3) is 17.3 Å². The van der Waals surface area contributed by atoms with Crippen molar-refractivity contribution in [3.8, 4) is 17.0 Å². The lowest BCUT2D eigenvalue weighted by atomic mass is 9.94. The number of allylic oxidation sites excluding steroid dienone is 1. The molecule has 1 fully saturated rings. The summed E-state index contributed by atoms with van der Waals surface area (Å²) in [5.74, 6) is -0.921. The number of methoxy groups -OCH3 is 1. The first-order valence-corrected chi connectivity index (χ1v) is 14.0. The lowest BCUT2D eigenvalue weighted by Gasteiger charge is -2.22. The maximum atomic E-state index is 14.9. The zero-order valence-corrected chi connectivity index (χ0v) is 25.9. The highest BCUT2D eigenvalue weighted by molar-refractivity contribution is 7.79. The number of ketones is 1. The second-order valence-corrected chi connectivity index (χ2v) is 10.0. The predicted octanol–water partition coefficient (Wildman–Crippen LogP) is 4.79. The molecule has 232 valence electrons. The number of Topliss-reactive ketones (excluding diaryl/α,β-unsaturated/α-hetero) is 1. The summed E-state index contributed by atoms with van der Waals surface area (Å²) < 4.78 is 38.5. The maximum Gasteiger partial charge on any atom is 0.251 e. The Bertz CT molecular complexity index is 1470. The number of aliphatic hydroxyl groups is 1. The molecule has 3 aromatic rings. The number of amides is 1. The Balaban J connectivity index is 0.000000300. The second-order valence-electron chi connectivity index (χ2n) is 10.0. The van der Waals surface area contributed by atoms with Gasteiger partial charge >= 0.3 is 0 Å². The van der Waals surface area contributed by atoms with Gasteiger partial charge in [0.05, 0.1) is 24.1 Å². The number of thiol groups is 1. The van der Waals surface area contributed by atoms with Crippen molar-refractivity contribution in [2.75, 3.05) is 32.8 Å². The van der Waals surface area contributed by atoms with Crippen LogP contribution in [0.2, 0.25) is 0 Å². The number of ether oxygens (including phenoxy) is 2. The number of hydrogen-bond donors (Lipinski definition) is 5. The van der Waals surface area contributed by atoms with Crippen LogP contribution >= 0.6 is 12.6 Å². The number of anilines is 1. The minimum atomic E-state index is -1.45. The average molecular weight is 617 g/mol. The molecule has 43 heavy (non-hydrogen) atoms. The third-order valence-corrected chi connectivity index (χ3v) is 6.21. The van der Waals surface area contributed by atoms with Crippen LogP contribution < -0.4 is 21.5 Å². The van der Waals surface area contributed by atoms with Crippen LogP contribution in [-0.2, 0) is 15.1 Å². The van der Waals surface area contributed by atoms with Gasteiger partial charge in [-0.15, -0.1) is 0 Å². The molecule has 2 aromatic carbocycles. The fourth-order valence-electron chi connectivity index (χ4n) is 4.12. The Morgan fingerprint density at radius 1 is 1.21 bits per heavy atom. The number of aromatic nitrogens is 1. The van der Waals surface area contributed by atoms with E-state index in [0.29, 0.717) is 39.5 Å². The van der Waals surface area contributed by atoms with Crippen LogP contribution in [0, 0.1) is 11.6 Å². The number of nitrogens with two attached hydrogens (primary N) is 2. The number of hydrogen-bond acceptors (Lipinski definition) is 9. The molecule has 6 N–H and O–H groups in total. The molecule has 0 spiro atoms. The smallest absolute Gasteiger partial charge is 0.251 e. The zero-order chi connectivity index (χ0) is 32.5. The number of halogens is 2. The highest BCUT2D eigenvalue weighted by Gasteiger charge is 2.31. The molecule has 9 nitrogen and oxygen atoms in total. The number of carbonyl (C=O) groups is 2. The quantitative estimate of drug-likeness (QED) is 0.196. The summed E-state index contributed by atoms with van der Waals surface area (Å²) in [5, 5.41) is 12.8. The number of nitrogens with one attached hydrogen (secondary N) is 1. The van der Waals surface area contributed by atoms with Gasteiger partial charge in [-0.1, -0.05) is 0 Å². The van der Waals surface area contributed by atoms with Gasteiger partial charge in [-0.2, -0.15) is 12.6 Å². The van der Waals surface area contributed by atoms with Gasteiger partial charge in [0, 0.05) is 41.4 Å². The lowest BCUT2D eigenvalue weighted by Crippen LogP contribution is -2.20.